The molecule has 0 saturated carbocycles. The van der Waals surface area contributed by atoms with Gasteiger partial charge in [0.1, 0.15) is 18.0 Å². The summed E-state index contributed by atoms with van der Waals surface area (Å²) in [5.74, 6) is 1.79. The van der Waals surface area contributed by atoms with Crippen LogP contribution in [0.15, 0.2) is 12.5 Å². The minimum absolute atomic E-state index is 0.719. The fraction of sp³-hybridized carbons (Fsp3) is 0.500. The molecule has 0 saturated heterocycles. The first-order valence-electron chi connectivity index (χ1n) is 6.90. The Balaban J connectivity index is 2.18. The van der Waals surface area contributed by atoms with E-state index in [1.807, 2.05) is 25.0 Å². The summed E-state index contributed by atoms with van der Waals surface area (Å²) >= 11 is 0. The van der Waals surface area contributed by atoms with Crippen LogP contribution < -0.4 is 10.6 Å². The van der Waals surface area contributed by atoms with E-state index in [1.165, 1.54) is 5.56 Å². The third kappa shape index (κ3) is 2.89. The predicted octanol–water partition coefficient (Wildman–Crippen LogP) is 2.12. The van der Waals surface area contributed by atoms with Crippen LogP contribution in [-0.2, 0) is 20.0 Å². The van der Waals surface area contributed by atoms with Crippen LogP contribution in [-0.4, -0.2) is 26.8 Å². The van der Waals surface area contributed by atoms with Crippen LogP contribution in [0.25, 0.3) is 0 Å². The fourth-order valence-corrected chi connectivity index (χ4v) is 2.16. The molecule has 0 unspecified atom stereocenters. The molecule has 0 bridgehead atoms. The maximum atomic E-state index is 4.37. The summed E-state index contributed by atoms with van der Waals surface area (Å²) in [7, 11) is 3.83. The Kier molecular flexibility index (Phi) is 4.55. The van der Waals surface area contributed by atoms with Gasteiger partial charge >= 0.3 is 0 Å². The molecular formula is C14H22N6. The van der Waals surface area contributed by atoms with Gasteiger partial charge in [0.15, 0.2) is 0 Å². The van der Waals surface area contributed by atoms with E-state index in [4.69, 9.17) is 0 Å². The molecule has 20 heavy (non-hydrogen) atoms. The van der Waals surface area contributed by atoms with Gasteiger partial charge in [0, 0.05) is 37.5 Å². The molecule has 0 atom stereocenters. The summed E-state index contributed by atoms with van der Waals surface area (Å²) in [6.45, 7) is 4.94. The maximum absolute atomic E-state index is 4.37. The van der Waals surface area contributed by atoms with Crippen molar-refractivity contribution >= 4 is 11.6 Å². The highest BCUT2D eigenvalue weighted by Crippen LogP contribution is 2.22. The van der Waals surface area contributed by atoms with Crippen LogP contribution in [0.2, 0.25) is 0 Å². The molecule has 0 aliphatic carbocycles. The summed E-state index contributed by atoms with van der Waals surface area (Å²) < 4.78 is 1.88. The normalized spacial score (nSPS) is 10.6. The van der Waals surface area contributed by atoms with Crippen molar-refractivity contribution in [2.24, 2.45) is 7.05 Å². The lowest BCUT2D eigenvalue weighted by Crippen LogP contribution is -2.09. The van der Waals surface area contributed by atoms with Gasteiger partial charge < -0.3 is 10.6 Å². The Hall–Kier alpha value is -2.11. The lowest BCUT2D eigenvalue weighted by atomic mass is 10.1. The van der Waals surface area contributed by atoms with Crippen LogP contribution in [0.4, 0.5) is 11.6 Å². The summed E-state index contributed by atoms with van der Waals surface area (Å²) in [6.07, 6.45) is 5.49. The molecule has 0 amide bonds. The minimum atomic E-state index is 0.719. The SMILES string of the molecule is CCCc1c(NC)ncnc1NCc1cnn(C)c1C. The molecule has 0 radical (unpaired) electrons. The van der Waals surface area contributed by atoms with Crippen LogP contribution in [0, 0.1) is 6.92 Å². The van der Waals surface area contributed by atoms with E-state index in [2.05, 4.69) is 39.5 Å². The zero-order valence-corrected chi connectivity index (χ0v) is 12.6. The molecule has 0 aromatic carbocycles. The van der Waals surface area contributed by atoms with Crippen molar-refractivity contribution in [2.75, 3.05) is 17.7 Å². The second kappa shape index (κ2) is 6.36. The zero-order valence-electron chi connectivity index (χ0n) is 12.6. The Morgan fingerprint density at radius 2 is 2.00 bits per heavy atom. The zero-order chi connectivity index (χ0) is 14.5. The van der Waals surface area contributed by atoms with Crippen LogP contribution in [0.1, 0.15) is 30.2 Å². The Labute approximate surface area is 119 Å². The number of aryl methyl sites for hydroxylation is 1. The second-order valence-electron chi connectivity index (χ2n) is 4.78. The maximum Gasteiger partial charge on any atom is 0.134 e. The number of aromatic nitrogens is 4. The van der Waals surface area contributed by atoms with Crippen LogP contribution >= 0.6 is 0 Å². The van der Waals surface area contributed by atoms with Crippen molar-refractivity contribution in [3.63, 3.8) is 0 Å². The summed E-state index contributed by atoms with van der Waals surface area (Å²) in [4.78, 5) is 8.64. The molecule has 108 valence electrons. The first kappa shape index (κ1) is 14.3. The number of hydrogen-bond donors (Lipinski definition) is 2. The highest BCUT2D eigenvalue weighted by atomic mass is 15.3. The van der Waals surface area contributed by atoms with Crippen molar-refractivity contribution < 1.29 is 0 Å². The molecule has 2 heterocycles. The van der Waals surface area contributed by atoms with Crippen molar-refractivity contribution in [2.45, 2.75) is 33.2 Å². The van der Waals surface area contributed by atoms with Gasteiger partial charge in [-0.15, -0.1) is 0 Å². The molecule has 0 aliphatic heterocycles. The first-order chi connectivity index (χ1) is 9.67. The van der Waals surface area contributed by atoms with E-state index < -0.39 is 0 Å². The van der Waals surface area contributed by atoms with E-state index in [9.17, 15) is 0 Å². The summed E-state index contributed by atoms with van der Waals surface area (Å²) in [5, 5.41) is 10.8. The van der Waals surface area contributed by atoms with Gasteiger partial charge in [0.25, 0.3) is 0 Å². The third-order valence-corrected chi connectivity index (χ3v) is 3.47. The largest absolute Gasteiger partial charge is 0.373 e. The Morgan fingerprint density at radius 1 is 1.25 bits per heavy atom. The average molecular weight is 274 g/mol. The van der Waals surface area contributed by atoms with Crippen LogP contribution in [0.5, 0.6) is 0 Å². The number of anilines is 2. The number of hydrogen-bond acceptors (Lipinski definition) is 5. The summed E-state index contributed by atoms with van der Waals surface area (Å²) in [5.41, 5.74) is 3.48. The smallest absolute Gasteiger partial charge is 0.134 e. The van der Waals surface area contributed by atoms with Gasteiger partial charge in [0.05, 0.1) is 6.20 Å². The van der Waals surface area contributed by atoms with Gasteiger partial charge in [-0.05, 0) is 13.3 Å². The van der Waals surface area contributed by atoms with E-state index in [1.54, 1.807) is 6.33 Å². The lowest BCUT2D eigenvalue weighted by molar-refractivity contribution is 0.738. The highest BCUT2D eigenvalue weighted by Gasteiger charge is 2.10. The number of nitrogens with zero attached hydrogens (tertiary/aromatic N) is 4. The molecule has 6 heteroatoms. The average Bonchev–Trinajstić information content (AvgIpc) is 2.78. The second-order valence-corrected chi connectivity index (χ2v) is 4.78. The van der Waals surface area contributed by atoms with E-state index in [0.29, 0.717) is 0 Å². The first-order valence-corrected chi connectivity index (χ1v) is 6.90. The molecule has 6 nitrogen and oxygen atoms in total. The lowest BCUT2D eigenvalue weighted by Gasteiger charge is -2.13. The molecule has 2 aromatic rings. The van der Waals surface area contributed by atoms with E-state index in [-0.39, 0.29) is 0 Å². The number of rotatable bonds is 6. The van der Waals surface area contributed by atoms with E-state index >= 15 is 0 Å². The molecule has 0 aliphatic rings. The van der Waals surface area contributed by atoms with Gasteiger partial charge in [-0.25, -0.2) is 9.97 Å². The topological polar surface area (TPSA) is 67.7 Å². The molecule has 0 fully saturated rings. The predicted molar refractivity (Wildman–Crippen MR) is 80.8 cm³/mol. The van der Waals surface area contributed by atoms with Gasteiger partial charge in [-0.3, -0.25) is 4.68 Å². The monoisotopic (exact) mass is 274 g/mol. The quantitative estimate of drug-likeness (QED) is 0.844. The van der Waals surface area contributed by atoms with Gasteiger partial charge in [0.2, 0.25) is 0 Å². The molecule has 2 aromatic heterocycles. The standard InChI is InChI=1S/C14H22N6/c1-5-6-12-13(15-3)17-9-18-14(12)16-7-11-8-19-20(4)10(11)2/h8-9H,5-7H2,1-4H3,(H2,15,16,17,18). The third-order valence-electron chi connectivity index (χ3n) is 3.47. The van der Waals surface area contributed by atoms with Gasteiger partial charge in [-0.1, -0.05) is 13.3 Å². The van der Waals surface area contributed by atoms with Crippen molar-refractivity contribution in [1.82, 2.24) is 19.7 Å². The minimum Gasteiger partial charge on any atom is -0.373 e. The molecular weight excluding hydrogens is 252 g/mol. The van der Waals surface area contributed by atoms with Crippen molar-refractivity contribution in [1.29, 1.82) is 0 Å². The van der Waals surface area contributed by atoms with Gasteiger partial charge in [-0.2, -0.15) is 5.10 Å². The van der Waals surface area contributed by atoms with E-state index in [0.717, 1.165) is 42.3 Å². The highest BCUT2D eigenvalue weighted by molar-refractivity contribution is 5.57. The Bertz CT molecular complexity index is 575. The number of nitrogens with one attached hydrogen (secondary N) is 2. The molecule has 2 N–H and O–H groups in total. The summed E-state index contributed by atoms with van der Waals surface area (Å²) in [6, 6.07) is 0. The fourth-order valence-electron chi connectivity index (χ4n) is 2.16. The van der Waals surface area contributed by atoms with Crippen LogP contribution in [0.3, 0.4) is 0 Å². The molecule has 0 spiro atoms. The van der Waals surface area contributed by atoms with Crippen molar-refractivity contribution in [3.8, 4) is 0 Å². The Morgan fingerprint density at radius 3 is 2.60 bits per heavy atom. The molecule has 2 rings (SSSR count). The van der Waals surface area contributed by atoms with Crippen molar-refractivity contribution in [3.05, 3.63) is 29.3 Å².